The number of aromatic nitrogens is 5. The van der Waals surface area contributed by atoms with Gasteiger partial charge in [0.15, 0.2) is 5.69 Å². The van der Waals surface area contributed by atoms with Crippen LogP contribution in [0.3, 0.4) is 0 Å². The van der Waals surface area contributed by atoms with E-state index < -0.39 is 11.9 Å². The van der Waals surface area contributed by atoms with Gasteiger partial charge in [-0.1, -0.05) is 53.7 Å². The van der Waals surface area contributed by atoms with Gasteiger partial charge in [-0.3, -0.25) is 4.98 Å². The molecule has 2 aromatic carbocycles. The summed E-state index contributed by atoms with van der Waals surface area (Å²) < 4.78 is 45.5. The molecule has 5 rings (SSSR count). The lowest BCUT2D eigenvalue weighted by molar-refractivity contribution is -0.140. The number of halogens is 3. The average Bonchev–Trinajstić information content (AvgIpc) is 3.40. The van der Waals surface area contributed by atoms with Crippen molar-refractivity contribution in [2.75, 3.05) is 0 Å². The molecule has 0 saturated carbocycles. The van der Waals surface area contributed by atoms with E-state index in [4.69, 9.17) is 4.52 Å². The highest BCUT2D eigenvalue weighted by Crippen LogP contribution is 2.31. The Hall–Kier alpha value is -4.01. The molecule has 154 valence electrons. The Morgan fingerprint density at radius 2 is 1.65 bits per heavy atom. The Labute approximate surface area is 174 Å². The average molecular weight is 421 g/mol. The van der Waals surface area contributed by atoms with Crippen LogP contribution in [0.15, 0.2) is 71.5 Å². The summed E-state index contributed by atoms with van der Waals surface area (Å²) in [5, 5.41) is 5.93. The first-order valence-electron chi connectivity index (χ1n) is 9.29. The first kappa shape index (κ1) is 19.0. The summed E-state index contributed by atoms with van der Waals surface area (Å²) >= 11 is 0. The zero-order valence-electron chi connectivity index (χ0n) is 16.1. The van der Waals surface area contributed by atoms with Gasteiger partial charge in [0, 0.05) is 36.0 Å². The van der Waals surface area contributed by atoms with E-state index in [1.165, 1.54) is 11.6 Å². The molecule has 3 aromatic heterocycles. The van der Waals surface area contributed by atoms with Crippen molar-refractivity contribution in [1.82, 2.24) is 24.7 Å². The van der Waals surface area contributed by atoms with Gasteiger partial charge in [-0.15, -0.1) is 0 Å². The highest BCUT2D eigenvalue weighted by atomic mass is 19.4. The first-order valence-corrected chi connectivity index (χ1v) is 9.29. The third-order valence-electron chi connectivity index (χ3n) is 4.87. The number of imidazole rings is 1. The molecule has 0 amide bonds. The summed E-state index contributed by atoms with van der Waals surface area (Å²) in [4.78, 5) is 12.5. The van der Waals surface area contributed by atoms with Crippen LogP contribution in [0.5, 0.6) is 0 Å². The predicted molar refractivity (Wildman–Crippen MR) is 108 cm³/mol. The Kier molecular flexibility index (Phi) is 4.32. The van der Waals surface area contributed by atoms with Crippen LogP contribution in [-0.2, 0) is 13.2 Å². The number of benzene rings is 2. The third kappa shape index (κ3) is 3.43. The quantitative estimate of drug-likeness (QED) is 0.392. The largest absolute Gasteiger partial charge is 0.434 e. The molecule has 0 aliphatic heterocycles. The standard InChI is InChI=1S/C22H14F3N5O/c1-30-12-17(22(23,24)25)27-20(30)15-8-6-14(7-9-15)19-28-21(31-29-19)18-16-5-3-2-4-13(16)10-11-26-18/h2-12H,1H3. The maximum absolute atomic E-state index is 12.9. The summed E-state index contributed by atoms with van der Waals surface area (Å²) in [6.07, 6.45) is -1.85. The Bertz CT molecular complexity index is 1380. The summed E-state index contributed by atoms with van der Waals surface area (Å²) in [6.45, 7) is 0. The van der Waals surface area contributed by atoms with Crippen molar-refractivity contribution in [2.45, 2.75) is 6.18 Å². The lowest BCUT2D eigenvalue weighted by Crippen LogP contribution is -2.04. The molecule has 0 aliphatic carbocycles. The number of fused-ring (bicyclic) bond motifs is 1. The van der Waals surface area contributed by atoms with Crippen molar-refractivity contribution in [3.63, 3.8) is 0 Å². The molecule has 0 radical (unpaired) electrons. The van der Waals surface area contributed by atoms with Crippen molar-refractivity contribution in [3.8, 4) is 34.4 Å². The molecule has 0 spiro atoms. The normalized spacial score (nSPS) is 11.9. The van der Waals surface area contributed by atoms with E-state index >= 15 is 0 Å². The molecule has 0 N–H and O–H groups in total. The van der Waals surface area contributed by atoms with Crippen LogP contribution in [0.1, 0.15) is 5.69 Å². The van der Waals surface area contributed by atoms with Crippen molar-refractivity contribution >= 4 is 10.8 Å². The van der Waals surface area contributed by atoms with Crippen LogP contribution in [-0.4, -0.2) is 24.7 Å². The molecular weight excluding hydrogens is 407 g/mol. The SMILES string of the molecule is Cn1cc(C(F)(F)F)nc1-c1ccc(-c2noc(-c3nccc4ccccc34)n2)cc1. The Morgan fingerprint density at radius 3 is 2.39 bits per heavy atom. The summed E-state index contributed by atoms with van der Waals surface area (Å²) in [7, 11) is 1.52. The minimum atomic E-state index is -4.49. The number of hydrogen-bond acceptors (Lipinski definition) is 5. The number of hydrogen-bond donors (Lipinski definition) is 0. The highest BCUT2D eigenvalue weighted by molar-refractivity contribution is 5.92. The molecule has 0 saturated heterocycles. The minimum Gasteiger partial charge on any atom is -0.333 e. The fourth-order valence-corrected chi connectivity index (χ4v) is 3.37. The highest BCUT2D eigenvalue weighted by Gasteiger charge is 2.34. The monoisotopic (exact) mass is 421 g/mol. The van der Waals surface area contributed by atoms with Gasteiger partial charge in [0.1, 0.15) is 11.5 Å². The van der Waals surface area contributed by atoms with Gasteiger partial charge in [-0.05, 0) is 11.5 Å². The molecule has 0 atom stereocenters. The first-order chi connectivity index (χ1) is 14.9. The van der Waals surface area contributed by atoms with Crippen LogP contribution in [0.4, 0.5) is 13.2 Å². The van der Waals surface area contributed by atoms with Crippen LogP contribution < -0.4 is 0 Å². The van der Waals surface area contributed by atoms with Crippen LogP contribution in [0, 0.1) is 0 Å². The number of pyridine rings is 1. The third-order valence-corrected chi connectivity index (χ3v) is 4.87. The van der Waals surface area contributed by atoms with E-state index in [0.29, 0.717) is 22.6 Å². The number of alkyl halides is 3. The van der Waals surface area contributed by atoms with E-state index in [2.05, 4.69) is 20.1 Å². The topological polar surface area (TPSA) is 69.6 Å². The van der Waals surface area contributed by atoms with Crippen molar-refractivity contribution in [2.24, 2.45) is 7.05 Å². The number of rotatable bonds is 3. The van der Waals surface area contributed by atoms with E-state index in [0.717, 1.165) is 17.0 Å². The van der Waals surface area contributed by atoms with E-state index in [1.54, 1.807) is 30.5 Å². The van der Waals surface area contributed by atoms with Crippen LogP contribution in [0.2, 0.25) is 0 Å². The summed E-state index contributed by atoms with van der Waals surface area (Å²) in [6, 6.07) is 16.4. The van der Waals surface area contributed by atoms with Crippen LogP contribution in [0.25, 0.3) is 45.1 Å². The van der Waals surface area contributed by atoms with Gasteiger partial charge in [0.25, 0.3) is 5.89 Å². The van der Waals surface area contributed by atoms with Crippen molar-refractivity contribution in [1.29, 1.82) is 0 Å². The molecular formula is C22H14F3N5O. The molecule has 3 heterocycles. The van der Waals surface area contributed by atoms with Gasteiger partial charge in [0.2, 0.25) is 5.82 Å². The van der Waals surface area contributed by atoms with Crippen molar-refractivity contribution < 1.29 is 17.7 Å². The fraction of sp³-hybridized carbons (Fsp3) is 0.0909. The smallest absolute Gasteiger partial charge is 0.333 e. The second kappa shape index (κ2) is 7.05. The molecule has 6 nitrogen and oxygen atoms in total. The molecule has 0 bridgehead atoms. The minimum absolute atomic E-state index is 0.215. The maximum atomic E-state index is 12.9. The molecule has 9 heteroatoms. The fourth-order valence-electron chi connectivity index (χ4n) is 3.37. The van der Waals surface area contributed by atoms with Crippen LogP contribution >= 0.6 is 0 Å². The predicted octanol–water partition coefficient (Wildman–Crippen LogP) is 5.37. The molecule has 0 aliphatic rings. The van der Waals surface area contributed by atoms with Gasteiger partial charge in [-0.25, -0.2) is 4.98 Å². The van der Waals surface area contributed by atoms with Crippen molar-refractivity contribution in [3.05, 3.63) is 72.7 Å². The van der Waals surface area contributed by atoms with Gasteiger partial charge < -0.3 is 9.09 Å². The zero-order valence-corrected chi connectivity index (χ0v) is 16.1. The second-order valence-corrected chi connectivity index (χ2v) is 6.94. The number of aryl methyl sites for hydroxylation is 1. The molecule has 31 heavy (non-hydrogen) atoms. The molecule has 5 aromatic rings. The Morgan fingerprint density at radius 1 is 0.903 bits per heavy atom. The van der Waals surface area contributed by atoms with Gasteiger partial charge in [0.05, 0.1) is 0 Å². The second-order valence-electron chi connectivity index (χ2n) is 6.94. The van der Waals surface area contributed by atoms with E-state index in [-0.39, 0.29) is 11.7 Å². The maximum Gasteiger partial charge on any atom is 0.434 e. The van der Waals surface area contributed by atoms with E-state index in [1.807, 2.05) is 30.3 Å². The zero-order chi connectivity index (χ0) is 21.6. The van der Waals surface area contributed by atoms with E-state index in [9.17, 15) is 13.2 Å². The summed E-state index contributed by atoms with van der Waals surface area (Å²) in [5.74, 6) is 0.856. The lowest BCUT2D eigenvalue weighted by Gasteiger charge is -2.02. The lowest BCUT2D eigenvalue weighted by atomic mass is 10.1. The van der Waals surface area contributed by atoms with Gasteiger partial charge in [-0.2, -0.15) is 18.2 Å². The number of nitrogens with zero attached hydrogens (tertiary/aromatic N) is 5. The molecule has 0 fully saturated rings. The molecule has 0 unspecified atom stereocenters. The van der Waals surface area contributed by atoms with Gasteiger partial charge >= 0.3 is 6.18 Å². The summed E-state index contributed by atoms with van der Waals surface area (Å²) in [5.41, 5.74) is 0.853. The Balaban J connectivity index is 1.47.